The maximum absolute atomic E-state index is 5.63. The van der Waals surface area contributed by atoms with Crippen molar-refractivity contribution in [2.45, 2.75) is 6.61 Å². The summed E-state index contributed by atoms with van der Waals surface area (Å²) in [7, 11) is 1.61. The van der Waals surface area contributed by atoms with Crippen LogP contribution in [0.4, 0.5) is 0 Å². The minimum absolute atomic E-state index is 0.393. The number of ether oxygens (including phenoxy) is 1. The lowest BCUT2D eigenvalue weighted by Gasteiger charge is -1.99. The van der Waals surface area contributed by atoms with Crippen LogP contribution in [0, 0.1) is 0 Å². The third-order valence-electron chi connectivity index (χ3n) is 1.13. The molecule has 60 valence electrons. The van der Waals surface area contributed by atoms with Crippen LogP contribution in [0.3, 0.4) is 0 Å². The minimum Gasteiger partial charge on any atom is -0.380 e. The molecule has 1 heterocycles. The van der Waals surface area contributed by atoms with Crippen LogP contribution in [0.5, 0.6) is 0 Å². The van der Waals surface area contributed by atoms with Crippen molar-refractivity contribution in [1.82, 2.24) is 4.98 Å². The van der Waals surface area contributed by atoms with Crippen molar-refractivity contribution in [3.63, 3.8) is 0 Å². The Labute approximate surface area is 75.1 Å². The number of aromatic nitrogens is 1. The van der Waals surface area contributed by atoms with Gasteiger partial charge in [0.2, 0.25) is 0 Å². The molecule has 0 fully saturated rings. The Kier molecular flexibility index (Phi) is 3.12. The molecular weight excluding hydrogens is 185 g/mol. The number of halogens is 2. The predicted octanol–water partition coefficient (Wildman–Crippen LogP) is 2.53. The van der Waals surface area contributed by atoms with Gasteiger partial charge in [-0.2, -0.15) is 0 Å². The number of hydrogen-bond donors (Lipinski definition) is 0. The molecule has 1 aromatic heterocycles. The Bertz CT molecular complexity index is 232. The van der Waals surface area contributed by atoms with E-state index in [-0.39, 0.29) is 0 Å². The van der Waals surface area contributed by atoms with Gasteiger partial charge >= 0.3 is 0 Å². The van der Waals surface area contributed by atoms with E-state index in [1.807, 2.05) is 0 Å². The fraction of sp³-hybridized carbons (Fsp3) is 0.286. The highest BCUT2D eigenvalue weighted by Gasteiger charge is 1.97. The second-order valence-corrected chi connectivity index (χ2v) is 2.83. The van der Waals surface area contributed by atoms with Gasteiger partial charge in [-0.15, -0.1) is 0 Å². The summed E-state index contributed by atoms with van der Waals surface area (Å²) >= 11 is 11.3. The van der Waals surface area contributed by atoms with Crippen molar-refractivity contribution >= 4 is 23.2 Å². The van der Waals surface area contributed by atoms with Crippen LogP contribution in [-0.2, 0) is 11.3 Å². The van der Waals surface area contributed by atoms with Crippen LogP contribution in [0.25, 0.3) is 0 Å². The fourth-order valence-electron chi connectivity index (χ4n) is 0.764. The fourth-order valence-corrected chi connectivity index (χ4v) is 1.27. The van der Waals surface area contributed by atoms with Crippen molar-refractivity contribution in [3.8, 4) is 0 Å². The molecule has 1 rings (SSSR count). The lowest BCUT2D eigenvalue weighted by Crippen LogP contribution is -1.88. The maximum atomic E-state index is 5.63. The predicted molar refractivity (Wildman–Crippen MR) is 45.0 cm³/mol. The lowest BCUT2D eigenvalue weighted by molar-refractivity contribution is 0.185. The Morgan fingerprint density at radius 1 is 1.36 bits per heavy atom. The Morgan fingerprint density at radius 3 is 2.36 bits per heavy atom. The van der Waals surface area contributed by atoms with E-state index in [4.69, 9.17) is 27.9 Å². The van der Waals surface area contributed by atoms with Gasteiger partial charge in [0.15, 0.2) is 0 Å². The van der Waals surface area contributed by atoms with Crippen molar-refractivity contribution < 1.29 is 4.74 Å². The van der Waals surface area contributed by atoms with E-state index in [0.717, 1.165) is 5.56 Å². The summed E-state index contributed by atoms with van der Waals surface area (Å²) in [6.07, 6.45) is 0. The standard InChI is InChI=1S/C7H7Cl2NO/c1-11-4-5-2-6(8)10-7(9)3-5/h2-3H,4H2,1H3. The van der Waals surface area contributed by atoms with Crippen molar-refractivity contribution in [3.05, 3.63) is 28.0 Å². The molecule has 0 aliphatic heterocycles. The molecule has 1 aromatic rings. The van der Waals surface area contributed by atoms with Crippen LogP contribution in [0.1, 0.15) is 5.56 Å². The SMILES string of the molecule is COCc1cc(Cl)nc(Cl)c1. The van der Waals surface area contributed by atoms with Crippen LogP contribution < -0.4 is 0 Å². The van der Waals surface area contributed by atoms with Crippen LogP contribution in [-0.4, -0.2) is 12.1 Å². The molecule has 0 spiro atoms. The monoisotopic (exact) mass is 191 g/mol. The molecule has 11 heavy (non-hydrogen) atoms. The Morgan fingerprint density at radius 2 is 1.91 bits per heavy atom. The number of rotatable bonds is 2. The molecule has 0 unspecified atom stereocenters. The van der Waals surface area contributed by atoms with Gasteiger partial charge in [0.05, 0.1) is 6.61 Å². The quantitative estimate of drug-likeness (QED) is 0.671. The zero-order chi connectivity index (χ0) is 8.27. The lowest BCUT2D eigenvalue weighted by atomic mass is 10.3. The van der Waals surface area contributed by atoms with Gasteiger partial charge in [0.1, 0.15) is 10.3 Å². The molecule has 0 aliphatic rings. The molecule has 2 nitrogen and oxygen atoms in total. The first-order valence-electron chi connectivity index (χ1n) is 3.03. The number of hydrogen-bond acceptors (Lipinski definition) is 2. The third-order valence-corrected chi connectivity index (χ3v) is 1.52. The van der Waals surface area contributed by atoms with Crippen LogP contribution >= 0.6 is 23.2 Å². The molecule has 0 bridgehead atoms. The summed E-state index contributed by atoms with van der Waals surface area (Å²) < 4.78 is 4.89. The first-order valence-corrected chi connectivity index (χ1v) is 3.79. The van der Waals surface area contributed by atoms with Gasteiger partial charge in [-0.1, -0.05) is 23.2 Å². The Balaban J connectivity index is 2.89. The van der Waals surface area contributed by atoms with Gasteiger partial charge in [0.25, 0.3) is 0 Å². The molecule has 0 saturated heterocycles. The van der Waals surface area contributed by atoms with Gasteiger partial charge in [-0.3, -0.25) is 0 Å². The Hall–Kier alpha value is -0.310. The van der Waals surface area contributed by atoms with Crippen molar-refractivity contribution in [1.29, 1.82) is 0 Å². The zero-order valence-corrected chi connectivity index (χ0v) is 7.49. The van der Waals surface area contributed by atoms with Gasteiger partial charge in [-0.05, 0) is 17.7 Å². The van der Waals surface area contributed by atoms with Crippen LogP contribution in [0.2, 0.25) is 10.3 Å². The topological polar surface area (TPSA) is 22.1 Å². The molecule has 0 radical (unpaired) electrons. The number of methoxy groups -OCH3 is 1. The average molecular weight is 192 g/mol. The zero-order valence-electron chi connectivity index (χ0n) is 5.97. The van der Waals surface area contributed by atoms with E-state index in [9.17, 15) is 0 Å². The summed E-state index contributed by atoms with van der Waals surface area (Å²) in [6.45, 7) is 0.502. The molecular formula is C7H7Cl2NO. The number of nitrogens with zero attached hydrogens (tertiary/aromatic N) is 1. The molecule has 0 atom stereocenters. The van der Waals surface area contributed by atoms with E-state index in [1.165, 1.54) is 0 Å². The van der Waals surface area contributed by atoms with E-state index >= 15 is 0 Å². The molecule has 0 N–H and O–H groups in total. The van der Waals surface area contributed by atoms with E-state index in [0.29, 0.717) is 16.9 Å². The third kappa shape index (κ3) is 2.66. The van der Waals surface area contributed by atoms with Crippen molar-refractivity contribution in [2.75, 3.05) is 7.11 Å². The second kappa shape index (κ2) is 3.90. The van der Waals surface area contributed by atoms with E-state index in [2.05, 4.69) is 4.98 Å². The molecule has 0 saturated carbocycles. The summed E-state index contributed by atoms with van der Waals surface area (Å²) in [5, 5.41) is 0.786. The first kappa shape index (κ1) is 8.78. The van der Waals surface area contributed by atoms with Crippen LogP contribution in [0.15, 0.2) is 12.1 Å². The molecule has 0 aromatic carbocycles. The van der Waals surface area contributed by atoms with Gasteiger partial charge in [0, 0.05) is 7.11 Å². The maximum Gasteiger partial charge on any atom is 0.131 e. The number of pyridine rings is 1. The van der Waals surface area contributed by atoms with Gasteiger partial charge in [-0.25, -0.2) is 4.98 Å². The second-order valence-electron chi connectivity index (χ2n) is 2.05. The largest absolute Gasteiger partial charge is 0.380 e. The normalized spacial score (nSPS) is 10.1. The summed E-state index contributed by atoms with van der Waals surface area (Å²) in [5.41, 5.74) is 0.928. The summed E-state index contributed by atoms with van der Waals surface area (Å²) in [4.78, 5) is 3.79. The smallest absolute Gasteiger partial charge is 0.131 e. The highest BCUT2D eigenvalue weighted by atomic mass is 35.5. The first-order chi connectivity index (χ1) is 5.22. The summed E-state index contributed by atoms with van der Waals surface area (Å²) in [5.74, 6) is 0. The molecule has 0 aliphatic carbocycles. The van der Waals surface area contributed by atoms with Gasteiger partial charge < -0.3 is 4.74 Å². The van der Waals surface area contributed by atoms with E-state index in [1.54, 1.807) is 19.2 Å². The molecule has 4 heteroatoms. The molecule has 0 amide bonds. The van der Waals surface area contributed by atoms with E-state index < -0.39 is 0 Å². The highest BCUT2D eigenvalue weighted by Crippen LogP contribution is 2.14. The van der Waals surface area contributed by atoms with Crippen molar-refractivity contribution in [2.24, 2.45) is 0 Å². The minimum atomic E-state index is 0.393. The average Bonchev–Trinajstić information content (AvgIpc) is 1.85. The summed E-state index contributed by atoms with van der Waals surface area (Å²) in [6, 6.07) is 3.44. The highest BCUT2D eigenvalue weighted by molar-refractivity contribution is 6.32.